The van der Waals surface area contributed by atoms with Crippen LogP contribution >= 0.6 is 7.60 Å². The zero-order valence-corrected chi connectivity index (χ0v) is 14.3. The van der Waals surface area contributed by atoms with Gasteiger partial charge in [-0.25, -0.2) is 0 Å². The topological polar surface area (TPSA) is 52.6 Å². The van der Waals surface area contributed by atoms with Gasteiger partial charge in [-0.1, -0.05) is 30.3 Å². The van der Waals surface area contributed by atoms with E-state index < -0.39 is 13.5 Å². The van der Waals surface area contributed by atoms with E-state index in [1.807, 2.05) is 58.0 Å². The Bertz CT molecular complexity index is 482. The second kappa shape index (κ2) is 7.88. The van der Waals surface area contributed by atoms with Crippen molar-refractivity contribution in [2.75, 3.05) is 6.16 Å². The molecule has 118 valence electrons. The molecule has 5 heteroatoms. The minimum absolute atomic E-state index is 0.0406. The van der Waals surface area contributed by atoms with Crippen molar-refractivity contribution in [3.8, 4) is 0 Å². The monoisotopic (exact) mass is 312 g/mol. The Hall–Kier alpha value is -0.960. The summed E-state index contributed by atoms with van der Waals surface area (Å²) < 4.78 is 24.0. The first kappa shape index (κ1) is 18.1. The Labute approximate surface area is 127 Å². The molecule has 4 nitrogen and oxygen atoms in total. The summed E-state index contributed by atoms with van der Waals surface area (Å²) in [6, 6.07) is 9.34. The lowest BCUT2D eigenvalue weighted by atomic mass is 9.98. The third kappa shape index (κ3) is 6.13. The number of Topliss-reactive ketones (excluding diaryl/α,β-unsaturated/α-hetero) is 1. The van der Waals surface area contributed by atoms with Crippen LogP contribution in [0.4, 0.5) is 0 Å². The average molecular weight is 312 g/mol. The van der Waals surface area contributed by atoms with Gasteiger partial charge < -0.3 is 9.05 Å². The summed E-state index contributed by atoms with van der Waals surface area (Å²) in [5.74, 6) is -0.518. The number of carbonyl (C=O) groups excluding carboxylic acids is 1. The fourth-order valence-electron chi connectivity index (χ4n) is 2.13. The number of ketones is 1. The smallest absolute Gasteiger partial charge is 0.306 e. The molecular weight excluding hydrogens is 287 g/mol. The van der Waals surface area contributed by atoms with Crippen molar-refractivity contribution in [1.82, 2.24) is 0 Å². The van der Waals surface area contributed by atoms with Crippen LogP contribution in [0.1, 0.15) is 46.1 Å². The lowest BCUT2D eigenvalue weighted by Gasteiger charge is -2.26. The molecule has 0 spiro atoms. The Morgan fingerprint density at radius 3 is 1.90 bits per heavy atom. The molecule has 0 amide bonds. The van der Waals surface area contributed by atoms with Gasteiger partial charge in [0.1, 0.15) is 5.78 Å². The fourth-order valence-corrected chi connectivity index (χ4v) is 4.55. The molecule has 0 fully saturated rings. The van der Waals surface area contributed by atoms with Crippen LogP contribution in [0.5, 0.6) is 0 Å². The summed E-state index contributed by atoms with van der Waals surface area (Å²) >= 11 is 0. The highest BCUT2D eigenvalue weighted by molar-refractivity contribution is 7.54. The maximum Gasteiger partial charge on any atom is 0.332 e. The summed E-state index contributed by atoms with van der Waals surface area (Å²) in [4.78, 5) is 12.0. The van der Waals surface area contributed by atoms with Crippen LogP contribution in [0.2, 0.25) is 0 Å². The Balaban J connectivity index is 3.03. The van der Waals surface area contributed by atoms with E-state index in [0.717, 1.165) is 5.56 Å². The van der Waals surface area contributed by atoms with E-state index in [0.29, 0.717) is 0 Å². The maximum atomic E-state index is 12.9. The van der Waals surface area contributed by atoms with Crippen LogP contribution < -0.4 is 0 Å². The SMILES string of the molecule is CC(=O)C(CP(=O)(OC(C)C)OC(C)C)c1ccccc1. The van der Waals surface area contributed by atoms with Crippen LogP contribution in [-0.2, 0) is 18.4 Å². The molecule has 1 rings (SSSR count). The minimum Gasteiger partial charge on any atom is -0.306 e. The Morgan fingerprint density at radius 1 is 1.05 bits per heavy atom. The predicted molar refractivity (Wildman–Crippen MR) is 84.8 cm³/mol. The van der Waals surface area contributed by atoms with Crippen molar-refractivity contribution in [2.45, 2.75) is 52.7 Å². The predicted octanol–water partition coefficient (Wildman–Crippen LogP) is 4.40. The van der Waals surface area contributed by atoms with Gasteiger partial charge in [0.05, 0.1) is 24.3 Å². The molecule has 1 unspecified atom stereocenters. The van der Waals surface area contributed by atoms with E-state index in [4.69, 9.17) is 9.05 Å². The van der Waals surface area contributed by atoms with Gasteiger partial charge >= 0.3 is 7.60 Å². The molecule has 0 N–H and O–H groups in total. The molecule has 0 aliphatic carbocycles. The van der Waals surface area contributed by atoms with Crippen molar-refractivity contribution >= 4 is 13.4 Å². The number of hydrogen-bond acceptors (Lipinski definition) is 4. The van der Waals surface area contributed by atoms with E-state index in [1.54, 1.807) is 0 Å². The fraction of sp³-hybridized carbons (Fsp3) is 0.562. The molecule has 0 aliphatic rings. The quantitative estimate of drug-likeness (QED) is 0.667. The van der Waals surface area contributed by atoms with E-state index in [9.17, 15) is 9.36 Å². The zero-order chi connectivity index (χ0) is 16.0. The van der Waals surface area contributed by atoms with Gasteiger partial charge in [0.25, 0.3) is 0 Å². The van der Waals surface area contributed by atoms with Crippen LogP contribution in [0.25, 0.3) is 0 Å². The normalized spacial score (nSPS) is 13.7. The van der Waals surface area contributed by atoms with Gasteiger partial charge in [-0.05, 0) is 40.2 Å². The molecule has 1 aromatic carbocycles. The average Bonchev–Trinajstić information content (AvgIpc) is 2.34. The molecule has 0 radical (unpaired) electrons. The van der Waals surface area contributed by atoms with E-state index >= 15 is 0 Å². The number of carbonyl (C=O) groups is 1. The van der Waals surface area contributed by atoms with Gasteiger partial charge in [-0.15, -0.1) is 0 Å². The molecule has 0 heterocycles. The minimum atomic E-state index is -3.33. The highest BCUT2D eigenvalue weighted by atomic mass is 31.2. The van der Waals surface area contributed by atoms with Crippen molar-refractivity contribution in [3.05, 3.63) is 35.9 Å². The number of hydrogen-bond donors (Lipinski definition) is 0. The molecule has 0 aliphatic heterocycles. The summed E-state index contributed by atoms with van der Waals surface area (Å²) in [6.45, 7) is 8.74. The zero-order valence-electron chi connectivity index (χ0n) is 13.4. The molecule has 0 saturated carbocycles. The first-order valence-corrected chi connectivity index (χ1v) is 8.97. The third-order valence-electron chi connectivity index (χ3n) is 2.84. The van der Waals surface area contributed by atoms with Crippen LogP contribution in [0, 0.1) is 0 Å². The lowest BCUT2D eigenvalue weighted by molar-refractivity contribution is -0.118. The van der Waals surface area contributed by atoms with E-state index in [-0.39, 0.29) is 24.2 Å². The van der Waals surface area contributed by atoms with Crippen molar-refractivity contribution in [3.63, 3.8) is 0 Å². The molecule has 21 heavy (non-hydrogen) atoms. The molecular formula is C16H25O4P. The largest absolute Gasteiger partial charge is 0.332 e. The number of benzene rings is 1. The molecule has 0 aromatic heterocycles. The summed E-state index contributed by atoms with van der Waals surface area (Å²) in [5.41, 5.74) is 0.838. The standard InChI is InChI=1S/C16H25O4P/c1-12(2)19-21(18,20-13(3)4)11-16(14(5)17)15-9-7-6-8-10-15/h6-10,12-13,16H,11H2,1-5H3. The lowest BCUT2D eigenvalue weighted by Crippen LogP contribution is -2.18. The van der Waals surface area contributed by atoms with Crippen LogP contribution in [0.15, 0.2) is 30.3 Å². The highest BCUT2D eigenvalue weighted by Gasteiger charge is 2.34. The maximum absolute atomic E-state index is 12.9. The van der Waals surface area contributed by atoms with E-state index in [2.05, 4.69) is 0 Å². The molecule has 1 atom stereocenters. The Kier molecular flexibility index (Phi) is 6.79. The van der Waals surface area contributed by atoms with Crippen molar-refractivity contribution in [1.29, 1.82) is 0 Å². The van der Waals surface area contributed by atoms with Gasteiger partial charge in [-0.2, -0.15) is 0 Å². The number of rotatable bonds is 8. The molecule has 0 bridgehead atoms. The van der Waals surface area contributed by atoms with Crippen molar-refractivity contribution < 1.29 is 18.4 Å². The second-order valence-electron chi connectivity index (χ2n) is 5.68. The van der Waals surface area contributed by atoms with Gasteiger partial charge in [0.2, 0.25) is 0 Å². The van der Waals surface area contributed by atoms with E-state index in [1.165, 1.54) is 6.92 Å². The molecule has 1 aromatic rings. The Morgan fingerprint density at radius 2 is 1.52 bits per heavy atom. The van der Waals surface area contributed by atoms with Gasteiger partial charge in [-0.3, -0.25) is 9.36 Å². The van der Waals surface area contributed by atoms with Gasteiger partial charge in [0.15, 0.2) is 0 Å². The second-order valence-corrected chi connectivity index (χ2v) is 7.68. The molecule has 0 saturated heterocycles. The van der Waals surface area contributed by atoms with Gasteiger partial charge in [0, 0.05) is 0 Å². The van der Waals surface area contributed by atoms with Crippen LogP contribution in [-0.4, -0.2) is 24.2 Å². The first-order valence-electron chi connectivity index (χ1n) is 7.25. The highest BCUT2D eigenvalue weighted by Crippen LogP contribution is 2.53. The third-order valence-corrected chi connectivity index (χ3v) is 5.14. The summed E-state index contributed by atoms with van der Waals surface area (Å²) in [5, 5.41) is 0. The summed E-state index contributed by atoms with van der Waals surface area (Å²) in [7, 11) is -3.33. The first-order chi connectivity index (χ1) is 9.73. The van der Waals surface area contributed by atoms with Crippen LogP contribution in [0.3, 0.4) is 0 Å². The van der Waals surface area contributed by atoms with Crippen molar-refractivity contribution in [2.24, 2.45) is 0 Å². The summed E-state index contributed by atoms with van der Waals surface area (Å²) in [6.07, 6.45) is -0.376.